The SMILES string of the molecule is CCc1cc(NC(=O)c2c(C)nc(C)nc2SC)n[nH]1. The second-order valence-corrected chi connectivity index (χ2v) is 5.12. The van der Waals surface area contributed by atoms with Crippen molar-refractivity contribution in [3.05, 3.63) is 28.8 Å². The quantitative estimate of drug-likeness (QED) is 0.667. The van der Waals surface area contributed by atoms with Crippen molar-refractivity contribution in [3.8, 4) is 0 Å². The van der Waals surface area contributed by atoms with Gasteiger partial charge in [-0.05, 0) is 26.5 Å². The van der Waals surface area contributed by atoms with Gasteiger partial charge in [0.1, 0.15) is 10.9 Å². The van der Waals surface area contributed by atoms with Gasteiger partial charge in [-0.25, -0.2) is 9.97 Å². The summed E-state index contributed by atoms with van der Waals surface area (Å²) in [6.45, 7) is 5.64. The van der Waals surface area contributed by atoms with Crippen LogP contribution in [0, 0.1) is 13.8 Å². The minimum atomic E-state index is -0.235. The largest absolute Gasteiger partial charge is 0.305 e. The van der Waals surface area contributed by atoms with Gasteiger partial charge < -0.3 is 5.32 Å². The molecule has 0 aliphatic carbocycles. The maximum absolute atomic E-state index is 12.4. The number of anilines is 1. The summed E-state index contributed by atoms with van der Waals surface area (Å²) < 4.78 is 0. The molecule has 2 N–H and O–H groups in total. The fraction of sp³-hybridized carbons (Fsp3) is 0.385. The van der Waals surface area contributed by atoms with Gasteiger partial charge in [-0.3, -0.25) is 9.89 Å². The molecule has 2 aromatic rings. The number of aromatic nitrogens is 4. The zero-order valence-electron chi connectivity index (χ0n) is 11.9. The van der Waals surface area contributed by atoms with E-state index in [0.717, 1.165) is 12.1 Å². The molecule has 7 heteroatoms. The number of nitrogens with one attached hydrogen (secondary N) is 2. The van der Waals surface area contributed by atoms with Gasteiger partial charge in [0, 0.05) is 11.8 Å². The van der Waals surface area contributed by atoms with Crippen molar-refractivity contribution in [2.75, 3.05) is 11.6 Å². The van der Waals surface area contributed by atoms with Crippen molar-refractivity contribution in [2.24, 2.45) is 0 Å². The normalized spacial score (nSPS) is 10.6. The molecule has 0 bridgehead atoms. The number of nitrogens with zero attached hydrogens (tertiary/aromatic N) is 3. The van der Waals surface area contributed by atoms with Crippen LogP contribution in [0.5, 0.6) is 0 Å². The Hall–Kier alpha value is -1.89. The van der Waals surface area contributed by atoms with Crippen LogP contribution in [0.1, 0.15) is 34.5 Å². The molecule has 0 saturated heterocycles. The highest BCUT2D eigenvalue weighted by Crippen LogP contribution is 2.21. The van der Waals surface area contributed by atoms with E-state index >= 15 is 0 Å². The average Bonchev–Trinajstić information content (AvgIpc) is 2.85. The lowest BCUT2D eigenvalue weighted by Gasteiger charge is -2.09. The molecule has 6 nitrogen and oxygen atoms in total. The van der Waals surface area contributed by atoms with Gasteiger partial charge in [0.05, 0.1) is 11.3 Å². The van der Waals surface area contributed by atoms with Crippen molar-refractivity contribution in [3.63, 3.8) is 0 Å². The Bertz CT molecular complexity index is 638. The van der Waals surface area contributed by atoms with E-state index < -0.39 is 0 Å². The summed E-state index contributed by atoms with van der Waals surface area (Å²) in [5.74, 6) is 0.941. The Labute approximate surface area is 121 Å². The number of carbonyl (C=O) groups excluding carboxylic acids is 1. The van der Waals surface area contributed by atoms with Crippen molar-refractivity contribution < 1.29 is 4.79 Å². The van der Waals surface area contributed by atoms with Crippen molar-refractivity contribution in [1.82, 2.24) is 20.2 Å². The molecule has 0 aromatic carbocycles. The third-order valence-electron chi connectivity index (χ3n) is 2.84. The standard InChI is InChI=1S/C13H17N5OS/c1-5-9-6-10(18-17-9)16-12(19)11-7(2)14-8(3)15-13(11)20-4/h6H,5H2,1-4H3,(H2,16,17,18,19). The first-order valence-electron chi connectivity index (χ1n) is 6.30. The molecule has 2 heterocycles. The van der Waals surface area contributed by atoms with E-state index in [1.54, 1.807) is 0 Å². The molecule has 0 saturated carbocycles. The van der Waals surface area contributed by atoms with Crippen LogP contribution in [0.2, 0.25) is 0 Å². The minimum absolute atomic E-state index is 0.235. The van der Waals surface area contributed by atoms with Crippen LogP contribution in [0.3, 0.4) is 0 Å². The lowest BCUT2D eigenvalue weighted by atomic mass is 10.2. The number of rotatable bonds is 4. The Kier molecular flexibility index (Phi) is 4.39. The second kappa shape index (κ2) is 6.04. The van der Waals surface area contributed by atoms with E-state index in [0.29, 0.717) is 27.9 Å². The van der Waals surface area contributed by atoms with Crippen LogP contribution in [0.15, 0.2) is 11.1 Å². The molecule has 0 spiro atoms. The molecule has 20 heavy (non-hydrogen) atoms. The zero-order valence-corrected chi connectivity index (χ0v) is 12.8. The van der Waals surface area contributed by atoms with Crippen molar-refractivity contribution in [2.45, 2.75) is 32.2 Å². The van der Waals surface area contributed by atoms with Gasteiger partial charge in [-0.1, -0.05) is 6.92 Å². The molecule has 2 rings (SSSR count). The van der Waals surface area contributed by atoms with Gasteiger partial charge in [-0.2, -0.15) is 5.10 Å². The van der Waals surface area contributed by atoms with Gasteiger partial charge >= 0.3 is 0 Å². The number of hydrogen-bond acceptors (Lipinski definition) is 5. The topological polar surface area (TPSA) is 83.6 Å². The number of aromatic amines is 1. The molecular weight excluding hydrogens is 274 g/mol. The highest BCUT2D eigenvalue weighted by atomic mass is 32.2. The maximum atomic E-state index is 12.4. The fourth-order valence-corrected chi connectivity index (χ4v) is 2.54. The van der Waals surface area contributed by atoms with E-state index in [1.807, 2.05) is 33.1 Å². The molecule has 0 atom stereocenters. The van der Waals surface area contributed by atoms with E-state index in [9.17, 15) is 4.79 Å². The Morgan fingerprint density at radius 3 is 2.75 bits per heavy atom. The third kappa shape index (κ3) is 2.98. The number of aryl methyl sites for hydroxylation is 3. The molecule has 2 aromatic heterocycles. The number of hydrogen-bond donors (Lipinski definition) is 2. The van der Waals surface area contributed by atoms with E-state index in [4.69, 9.17) is 0 Å². The Balaban J connectivity index is 2.29. The molecule has 0 aliphatic heterocycles. The summed E-state index contributed by atoms with van der Waals surface area (Å²) in [5.41, 5.74) is 2.15. The summed E-state index contributed by atoms with van der Waals surface area (Å²) in [6.07, 6.45) is 2.73. The first-order valence-corrected chi connectivity index (χ1v) is 7.52. The van der Waals surface area contributed by atoms with Crippen LogP contribution in [0.25, 0.3) is 0 Å². The van der Waals surface area contributed by atoms with E-state index in [2.05, 4.69) is 25.5 Å². The van der Waals surface area contributed by atoms with Crippen LogP contribution in [0.4, 0.5) is 5.82 Å². The number of thioether (sulfide) groups is 1. The predicted octanol–water partition coefficient (Wildman–Crippen LogP) is 2.35. The van der Waals surface area contributed by atoms with Crippen molar-refractivity contribution in [1.29, 1.82) is 0 Å². The third-order valence-corrected chi connectivity index (χ3v) is 3.52. The smallest absolute Gasteiger partial charge is 0.261 e. The summed E-state index contributed by atoms with van der Waals surface area (Å²) in [5, 5.41) is 10.4. The molecule has 0 radical (unpaired) electrons. The Morgan fingerprint density at radius 1 is 1.40 bits per heavy atom. The monoisotopic (exact) mass is 291 g/mol. The highest BCUT2D eigenvalue weighted by Gasteiger charge is 2.18. The van der Waals surface area contributed by atoms with Crippen LogP contribution < -0.4 is 5.32 Å². The minimum Gasteiger partial charge on any atom is -0.305 e. The predicted molar refractivity (Wildman–Crippen MR) is 79.2 cm³/mol. The lowest BCUT2D eigenvalue weighted by Crippen LogP contribution is -2.17. The average molecular weight is 291 g/mol. The fourth-order valence-electron chi connectivity index (χ4n) is 1.88. The van der Waals surface area contributed by atoms with Gasteiger partial charge in [0.25, 0.3) is 5.91 Å². The summed E-state index contributed by atoms with van der Waals surface area (Å²) in [7, 11) is 0. The summed E-state index contributed by atoms with van der Waals surface area (Å²) >= 11 is 1.43. The zero-order chi connectivity index (χ0) is 14.7. The maximum Gasteiger partial charge on any atom is 0.261 e. The first-order chi connectivity index (χ1) is 9.55. The molecule has 106 valence electrons. The van der Waals surface area contributed by atoms with Crippen LogP contribution >= 0.6 is 11.8 Å². The molecule has 0 fully saturated rings. The first kappa shape index (κ1) is 14.5. The Morgan fingerprint density at radius 2 is 2.15 bits per heavy atom. The summed E-state index contributed by atoms with van der Waals surface area (Å²) in [6, 6.07) is 1.82. The van der Waals surface area contributed by atoms with Crippen LogP contribution in [-0.4, -0.2) is 32.3 Å². The number of carbonyl (C=O) groups is 1. The van der Waals surface area contributed by atoms with Crippen LogP contribution in [-0.2, 0) is 6.42 Å². The summed E-state index contributed by atoms with van der Waals surface area (Å²) in [4.78, 5) is 20.9. The van der Waals surface area contributed by atoms with Gasteiger partial charge in [-0.15, -0.1) is 11.8 Å². The molecule has 0 aliphatic rings. The molecule has 1 amide bonds. The highest BCUT2D eigenvalue weighted by molar-refractivity contribution is 7.98. The molecular formula is C13H17N5OS. The molecule has 0 unspecified atom stereocenters. The van der Waals surface area contributed by atoms with E-state index in [-0.39, 0.29) is 5.91 Å². The van der Waals surface area contributed by atoms with Gasteiger partial charge in [0.15, 0.2) is 5.82 Å². The second-order valence-electron chi connectivity index (χ2n) is 4.33. The van der Waals surface area contributed by atoms with E-state index in [1.165, 1.54) is 11.8 Å². The number of H-pyrrole nitrogens is 1. The van der Waals surface area contributed by atoms with Crippen molar-refractivity contribution >= 4 is 23.5 Å². The van der Waals surface area contributed by atoms with Gasteiger partial charge in [0.2, 0.25) is 0 Å². The lowest BCUT2D eigenvalue weighted by molar-refractivity contribution is 0.102. The number of amides is 1.